The van der Waals surface area contributed by atoms with E-state index in [1.807, 2.05) is 41.3 Å². The van der Waals surface area contributed by atoms with Crippen molar-refractivity contribution in [3.8, 4) is 0 Å². The first kappa shape index (κ1) is 19.2. The van der Waals surface area contributed by atoms with E-state index >= 15 is 0 Å². The van der Waals surface area contributed by atoms with Crippen molar-refractivity contribution in [1.29, 1.82) is 0 Å². The van der Waals surface area contributed by atoms with Crippen LogP contribution >= 0.6 is 0 Å². The molecule has 0 aliphatic carbocycles. The monoisotopic (exact) mass is 392 g/mol. The molecule has 2 amide bonds. The molecule has 1 saturated heterocycles. The molecule has 29 heavy (non-hydrogen) atoms. The van der Waals surface area contributed by atoms with E-state index in [-0.39, 0.29) is 24.2 Å². The molecule has 1 atom stereocenters. The highest BCUT2D eigenvalue weighted by molar-refractivity contribution is 5.95. The predicted molar refractivity (Wildman–Crippen MR) is 107 cm³/mol. The zero-order chi connectivity index (χ0) is 20.2. The zero-order valence-corrected chi connectivity index (χ0v) is 16.2. The molecule has 0 saturated carbocycles. The Kier molecular flexibility index (Phi) is 5.60. The normalized spacial score (nSPS) is 18.1. The van der Waals surface area contributed by atoms with E-state index in [0.717, 1.165) is 37.1 Å². The molecular formula is C23H24N2O4. The molecule has 1 fully saturated rings. The van der Waals surface area contributed by atoms with Crippen LogP contribution in [0.15, 0.2) is 48.5 Å². The van der Waals surface area contributed by atoms with Crippen LogP contribution in [0.5, 0.6) is 0 Å². The Morgan fingerprint density at radius 2 is 1.72 bits per heavy atom. The predicted octanol–water partition coefficient (Wildman–Crippen LogP) is 3.23. The maximum Gasteiger partial charge on any atom is 0.339 e. The van der Waals surface area contributed by atoms with Crippen LogP contribution in [0.1, 0.15) is 63.6 Å². The van der Waals surface area contributed by atoms with Gasteiger partial charge in [0.25, 0.3) is 5.91 Å². The first-order valence-corrected chi connectivity index (χ1v) is 10.1. The van der Waals surface area contributed by atoms with Crippen LogP contribution in [0.4, 0.5) is 0 Å². The van der Waals surface area contributed by atoms with E-state index in [9.17, 15) is 14.4 Å². The Balaban J connectivity index is 1.30. The fraction of sp³-hybridized carbons (Fsp3) is 0.348. The van der Waals surface area contributed by atoms with Crippen LogP contribution in [-0.4, -0.2) is 35.8 Å². The number of hydrogen-bond donors (Lipinski definition) is 1. The van der Waals surface area contributed by atoms with Gasteiger partial charge in [0.15, 0.2) is 0 Å². The fourth-order valence-corrected chi connectivity index (χ4v) is 3.86. The molecule has 2 aromatic carbocycles. The summed E-state index contributed by atoms with van der Waals surface area (Å²) in [7, 11) is 0. The first-order valence-electron chi connectivity index (χ1n) is 10.1. The molecule has 4 rings (SSSR count). The second-order valence-corrected chi connectivity index (χ2v) is 7.51. The van der Waals surface area contributed by atoms with Crippen molar-refractivity contribution in [3.63, 3.8) is 0 Å². The smallest absolute Gasteiger partial charge is 0.339 e. The minimum atomic E-state index is -0.539. The molecule has 2 aliphatic heterocycles. The van der Waals surface area contributed by atoms with Gasteiger partial charge in [-0.05, 0) is 43.0 Å². The van der Waals surface area contributed by atoms with Crippen molar-refractivity contribution in [3.05, 3.63) is 70.8 Å². The number of cyclic esters (lactones) is 1. The Hall–Kier alpha value is -3.15. The second-order valence-electron chi connectivity index (χ2n) is 7.51. The average molecular weight is 392 g/mol. The van der Waals surface area contributed by atoms with Gasteiger partial charge in [0.1, 0.15) is 6.10 Å². The summed E-state index contributed by atoms with van der Waals surface area (Å²) in [4.78, 5) is 38.6. The van der Waals surface area contributed by atoms with Gasteiger partial charge in [-0.1, -0.05) is 30.3 Å². The molecule has 0 spiro atoms. The third-order valence-electron chi connectivity index (χ3n) is 5.48. The molecule has 1 N–H and O–H groups in total. The fourth-order valence-electron chi connectivity index (χ4n) is 3.86. The van der Waals surface area contributed by atoms with E-state index < -0.39 is 6.10 Å². The summed E-state index contributed by atoms with van der Waals surface area (Å²) in [6, 6.07) is 14.5. The van der Waals surface area contributed by atoms with Crippen LogP contribution in [0.3, 0.4) is 0 Å². The number of nitrogens with one attached hydrogen (secondary N) is 1. The number of carbonyl (C=O) groups excluding carboxylic acids is 3. The summed E-state index contributed by atoms with van der Waals surface area (Å²) < 4.78 is 5.31. The first-order chi connectivity index (χ1) is 14.1. The number of ether oxygens (including phenoxy) is 1. The Bertz CT molecular complexity index is 917. The van der Waals surface area contributed by atoms with E-state index in [4.69, 9.17) is 4.74 Å². The topological polar surface area (TPSA) is 75.7 Å². The third kappa shape index (κ3) is 4.31. The highest BCUT2D eigenvalue weighted by atomic mass is 16.5. The Labute approximate surface area is 169 Å². The van der Waals surface area contributed by atoms with Crippen molar-refractivity contribution in [1.82, 2.24) is 10.2 Å². The molecule has 6 heteroatoms. The molecule has 0 bridgehead atoms. The lowest BCUT2D eigenvalue weighted by atomic mass is 10.0. The maximum absolute atomic E-state index is 12.5. The quantitative estimate of drug-likeness (QED) is 0.793. The van der Waals surface area contributed by atoms with Crippen LogP contribution in [0.25, 0.3) is 0 Å². The van der Waals surface area contributed by atoms with Crippen LogP contribution in [-0.2, 0) is 16.1 Å². The molecule has 2 aliphatic rings. The van der Waals surface area contributed by atoms with Gasteiger partial charge in [-0.3, -0.25) is 9.59 Å². The molecular weight excluding hydrogens is 368 g/mol. The number of piperidine rings is 1. The molecule has 0 aromatic heterocycles. The van der Waals surface area contributed by atoms with Crippen LogP contribution < -0.4 is 5.32 Å². The molecule has 2 heterocycles. The largest absolute Gasteiger partial charge is 0.453 e. The van der Waals surface area contributed by atoms with Crippen molar-refractivity contribution < 1.29 is 19.1 Å². The van der Waals surface area contributed by atoms with Gasteiger partial charge in [0.05, 0.1) is 12.0 Å². The van der Waals surface area contributed by atoms with Crippen molar-refractivity contribution >= 4 is 17.8 Å². The molecule has 2 aromatic rings. The highest BCUT2D eigenvalue weighted by Gasteiger charge is 2.31. The summed E-state index contributed by atoms with van der Waals surface area (Å²) in [6.07, 6.45) is 2.87. The zero-order valence-electron chi connectivity index (χ0n) is 16.2. The van der Waals surface area contributed by atoms with Gasteiger partial charge >= 0.3 is 5.97 Å². The summed E-state index contributed by atoms with van der Waals surface area (Å²) in [5.74, 6) is -0.498. The summed E-state index contributed by atoms with van der Waals surface area (Å²) in [6.45, 7) is 2.01. The SMILES string of the molecule is O=C(C[C@H]1OC(=O)c2ccccc21)NCc1ccc(C(=O)N2CCCCC2)cc1. The lowest BCUT2D eigenvalue weighted by Gasteiger charge is -2.26. The van der Waals surface area contributed by atoms with Gasteiger partial charge in [0, 0.05) is 30.8 Å². The van der Waals surface area contributed by atoms with E-state index in [2.05, 4.69) is 5.32 Å². The van der Waals surface area contributed by atoms with Gasteiger partial charge in [-0.25, -0.2) is 4.79 Å². The van der Waals surface area contributed by atoms with Crippen molar-refractivity contribution in [2.75, 3.05) is 13.1 Å². The number of likely N-dealkylation sites (tertiary alicyclic amines) is 1. The Morgan fingerprint density at radius 1 is 1.00 bits per heavy atom. The lowest BCUT2D eigenvalue weighted by Crippen LogP contribution is -2.35. The minimum absolute atomic E-state index is 0.0713. The van der Waals surface area contributed by atoms with Gasteiger partial charge in [-0.2, -0.15) is 0 Å². The number of hydrogen-bond acceptors (Lipinski definition) is 4. The van der Waals surface area contributed by atoms with Crippen LogP contribution in [0, 0.1) is 0 Å². The van der Waals surface area contributed by atoms with Gasteiger partial charge in [-0.15, -0.1) is 0 Å². The lowest BCUT2D eigenvalue weighted by molar-refractivity contribution is -0.123. The van der Waals surface area contributed by atoms with Gasteiger partial charge < -0.3 is 15.0 Å². The highest BCUT2D eigenvalue weighted by Crippen LogP contribution is 2.32. The van der Waals surface area contributed by atoms with Crippen molar-refractivity contribution in [2.45, 2.75) is 38.3 Å². The van der Waals surface area contributed by atoms with Crippen molar-refractivity contribution in [2.24, 2.45) is 0 Å². The van der Waals surface area contributed by atoms with E-state index in [0.29, 0.717) is 17.7 Å². The number of carbonyl (C=O) groups is 3. The van der Waals surface area contributed by atoms with Gasteiger partial charge in [0.2, 0.25) is 5.91 Å². The summed E-state index contributed by atoms with van der Waals surface area (Å²) in [5, 5.41) is 2.86. The maximum atomic E-state index is 12.5. The molecule has 0 radical (unpaired) electrons. The Morgan fingerprint density at radius 3 is 2.48 bits per heavy atom. The number of fused-ring (bicyclic) bond motifs is 1. The number of benzene rings is 2. The summed E-state index contributed by atoms with van der Waals surface area (Å²) in [5.41, 5.74) is 2.88. The number of nitrogens with zero attached hydrogens (tertiary/aromatic N) is 1. The second kappa shape index (κ2) is 8.47. The molecule has 6 nitrogen and oxygen atoms in total. The van der Waals surface area contributed by atoms with E-state index in [1.165, 1.54) is 6.42 Å². The molecule has 150 valence electrons. The number of esters is 1. The summed E-state index contributed by atoms with van der Waals surface area (Å²) >= 11 is 0. The number of rotatable bonds is 5. The molecule has 0 unspecified atom stereocenters. The number of amides is 2. The minimum Gasteiger partial charge on any atom is -0.453 e. The third-order valence-corrected chi connectivity index (χ3v) is 5.48. The average Bonchev–Trinajstić information content (AvgIpc) is 3.08. The van der Waals surface area contributed by atoms with Crippen LogP contribution in [0.2, 0.25) is 0 Å². The van der Waals surface area contributed by atoms with E-state index in [1.54, 1.807) is 12.1 Å². The standard InChI is InChI=1S/C23H24N2O4/c26-21(14-20-18-6-2-3-7-19(18)23(28)29-20)24-15-16-8-10-17(11-9-16)22(27)25-12-4-1-5-13-25/h2-3,6-11,20H,1,4-5,12-15H2,(H,24,26)/t20-/m1/s1.